The fraction of sp³-hybridized carbons (Fsp3) is 0.367. The van der Waals surface area contributed by atoms with Crippen LogP contribution in [0.4, 0.5) is 19.0 Å². The molecule has 12 heteroatoms. The normalized spacial score (nSPS) is 22.2. The molecule has 3 aromatic heterocycles. The zero-order chi connectivity index (χ0) is 29.8. The number of hydrogen-bond donors (Lipinski definition) is 1. The number of methoxy groups -OCH3 is 1. The maximum atomic E-state index is 15.4. The third kappa shape index (κ3) is 4.81. The van der Waals surface area contributed by atoms with Gasteiger partial charge in [0.2, 0.25) is 0 Å². The lowest BCUT2D eigenvalue weighted by molar-refractivity contribution is -0.149. The summed E-state index contributed by atoms with van der Waals surface area (Å²) in [6.07, 6.45) is 6.31. The number of halogens is 3. The summed E-state index contributed by atoms with van der Waals surface area (Å²) in [5.74, 6) is -3.89. The second-order valence-corrected chi connectivity index (χ2v) is 12.9. The van der Waals surface area contributed by atoms with Crippen molar-refractivity contribution >= 4 is 32.8 Å². The van der Waals surface area contributed by atoms with Crippen LogP contribution in [0.15, 0.2) is 53.7 Å². The molecule has 4 atom stereocenters. The van der Waals surface area contributed by atoms with E-state index in [1.54, 1.807) is 12.1 Å². The van der Waals surface area contributed by atoms with Crippen LogP contribution in [0, 0.1) is 42.1 Å². The zero-order valence-electron chi connectivity index (χ0n) is 23.0. The number of hydrogen-bond acceptors (Lipinski definition) is 7. The van der Waals surface area contributed by atoms with E-state index in [9.17, 15) is 17.6 Å². The fourth-order valence-corrected chi connectivity index (χ4v) is 7.84. The van der Waals surface area contributed by atoms with Crippen LogP contribution in [0.5, 0.6) is 0 Å². The number of anilines is 1. The maximum Gasteiger partial charge on any atom is 0.311 e. The Balaban J connectivity index is 1.47. The second-order valence-electron chi connectivity index (χ2n) is 11.1. The van der Waals surface area contributed by atoms with Crippen molar-refractivity contribution in [3.8, 4) is 11.3 Å². The molecule has 42 heavy (non-hydrogen) atoms. The molecule has 1 N–H and O–H groups in total. The van der Waals surface area contributed by atoms with Crippen LogP contribution < -0.4 is 5.32 Å². The molecule has 3 unspecified atom stereocenters. The Morgan fingerprint density at radius 3 is 2.48 bits per heavy atom. The maximum absolute atomic E-state index is 15.4. The first-order valence-corrected chi connectivity index (χ1v) is 15.2. The van der Waals surface area contributed by atoms with Gasteiger partial charge in [0.25, 0.3) is 10.0 Å². The topological polar surface area (TPSA) is 103 Å². The number of nitrogens with one attached hydrogen (secondary N) is 1. The molecule has 3 aliphatic rings. The summed E-state index contributed by atoms with van der Waals surface area (Å²) in [5, 5.41) is 3.06. The van der Waals surface area contributed by atoms with Gasteiger partial charge in [0.05, 0.1) is 24.1 Å². The van der Waals surface area contributed by atoms with Gasteiger partial charge in [-0.1, -0.05) is 24.1 Å². The van der Waals surface area contributed by atoms with Gasteiger partial charge in [0.1, 0.15) is 11.5 Å². The van der Waals surface area contributed by atoms with Crippen molar-refractivity contribution in [2.75, 3.05) is 12.4 Å². The fourth-order valence-electron chi connectivity index (χ4n) is 6.51. The molecule has 220 valence electrons. The predicted octanol–water partition coefficient (Wildman–Crippen LogP) is 5.84. The molecule has 0 spiro atoms. The van der Waals surface area contributed by atoms with E-state index in [0.717, 1.165) is 60.1 Å². The lowest BCUT2D eigenvalue weighted by Crippen LogP contribution is -2.47. The Kier molecular flexibility index (Phi) is 7.20. The van der Waals surface area contributed by atoms with Gasteiger partial charge in [0.15, 0.2) is 23.1 Å². The van der Waals surface area contributed by atoms with Crippen molar-refractivity contribution in [1.82, 2.24) is 13.9 Å². The van der Waals surface area contributed by atoms with Gasteiger partial charge in [-0.05, 0) is 62.6 Å². The van der Waals surface area contributed by atoms with Gasteiger partial charge < -0.3 is 10.1 Å². The number of aromatic nitrogens is 3. The highest BCUT2D eigenvalue weighted by Crippen LogP contribution is 2.45. The van der Waals surface area contributed by atoms with Crippen LogP contribution in [0.3, 0.4) is 0 Å². The van der Waals surface area contributed by atoms with Gasteiger partial charge in [-0.15, -0.1) is 0 Å². The minimum Gasteiger partial charge on any atom is -0.469 e. The lowest BCUT2D eigenvalue weighted by Gasteiger charge is -2.39. The number of carbonyl (C=O) groups is 1. The molecule has 7 rings (SSSR count). The van der Waals surface area contributed by atoms with Crippen molar-refractivity contribution < 1.29 is 31.1 Å². The number of nitrogens with zero attached hydrogens (tertiary/aromatic N) is 3. The van der Waals surface area contributed by atoms with E-state index >= 15 is 8.78 Å². The molecule has 1 aromatic carbocycles. The molecule has 3 heterocycles. The summed E-state index contributed by atoms with van der Waals surface area (Å²) in [7, 11) is -2.91. The molecule has 0 amide bonds. The number of pyridine rings is 2. The van der Waals surface area contributed by atoms with E-state index in [2.05, 4.69) is 15.3 Å². The van der Waals surface area contributed by atoms with Gasteiger partial charge in [-0.25, -0.2) is 35.5 Å². The van der Waals surface area contributed by atoms with E-state index in [-0.39, 0.29) is 44.8 Å². The zero-order valence-corrected chi connectivity index (χ0v) is 23.8. The summed E-state index contributed by atoms with van der Waals surface area (Å²) < 4.78 is 78.1. The first-order valence-electron chi connectivity index (χ1n) is 13.8. The Labute approximate surface area is 241 Å². The Hall–Kier alpha value is -3.93. The molecule has 2 bridgehead atoms. The van der Waals surface area contributed by atoms with Crippen molar-refractivity contribution in [1.29, 1.82) is 0 Å². The van der Waals surface area contributed by atoms with Crippen LogP contribution in [0.25, 0.3) is 22.3 Å². The highest BCUT2D eigenvalue weighted by Gasteiger charge is 2.46. The lowest BCUT2D eigenvalue weighted by atomic mass is 9.71. The Morgan fingerprint density at radius 2 is 1.74 bits per heavy atom. The molecule has 3 aliphatic carbocycles. The van der Waals surface area contributed by atoms with E-state index in [4.69, 9.17) is 4.74 Å². The largest absolute Gasteiger partial charge is 0.469 e. The molecule has 4 aromatic rings. The SMILES string of the molecule is COC(=O)[C@H]1C2CCCC(CC2)C1Nc1nc(-c2cn(S(=O)(=O)c3ccc(C)cc3)c3ncc(F)cc23)c(F)cc1F. The van der Waals surface area contributed by atoms with E-state index < -0.39 is 45.4 Å². The van der Waals surface area contributed by atoms with Crippen molar-refractivity contribution in [2.24, 2.45) is 17.8 Å². The molecule has 0 radical (unpaired) electrons. The standard InChI is InChI=1S/C30H29F3N4O4S/c1-16-6-10-20(11-7-16)42(39,40)37-15-22(21-12-19(31)14-34-29(21)37)27-23(32)13-24(33)28(36-27)35-26-18-5-3-4-17(8-9-18)25(26)30(38)41-2/h6-7,10-15,17-18,25-26H,3-5,8-9H2,1-2H3,(H,35,36)/t17?,18?,25-,26?/m0/s1. The van der Waals surface area contributed by atoms with E-state index in [0.29, 0.717) is 6.07 Å². The van der Waals surface area contributed by atoms with Gasteiger partial charge in [0, 0.05) is 29.3 Å². The molecular formula is C30H29F3N4O4S. The van der Waals surface area contributed by atoms with Crippen molar-refractivity contribution in [2.45, 2.75) is 50.0 Å². The third-order valence-electron chi connectivity index (χ3n) is 8.58. The minimum atomic E-state index is -4.23. The van der Waals surface area contributed by atoms with Gasteiger partial charge in [-0.3, -0.25) is 4.79 Å². The quantitative estimate of drug-likeness (QED) is 0.278. The van der Waals surface area contributed by atoms with Crippen LogP contribution >= 0.6 is 0 Å². The van der Waals surface area contributed by atoms with Crippen LogP contribution in [-0.4, -0.2) is 41.5 Å². The average molecular weight is 599 g/mol. The molecule has 3 saturated carbocycles. The summed E-state index contributed by atoms with van der Waals surface area (Å²) >= 11 is 0. The minimum absolute atomic E-state index is 0.0180. The number of rotatable bonds is 6. The third-order valence-corrected chi connectivity index (χ3v) is 10.2. The number of esters is 1. The molecule has 3 fully saturated rings. The highest BCUT2D eigenvalue weighted by atomic mass is 32.2. The second kappa shape index (κ2) is 10.7. The summed E-state index contributed by atoms with van der Waals surface area (Å²) in [6.45, 7) is 1.81. The number of fused-ring (bicyclic) bond motifs is 5. The van der Waals surface area contributed by atoms with Crippen LogP contribution in [0.1, 0.15) is 37.7 Å². The first-order chi connectivity index (χ1) is 20.1. The number of carbonyl (C=O) groups excluding carboxylic acids is 1. The number of ether oxygens (including phenoxy) is 1. The Morgan fingerprint density at radius 1 is 1.02 bits per heavy atom. The van der Waals surface area contributed by atoms with Gasteiger partial charge in [-0.2, -0.15) is 0 Å². The van der Waals surface area contributed by atoms with Crippen LogP contribution in [0.2, 0.25) is 0 Å². The summed E-state index contributed by atoms with van der Waals surface area (Å²) in [5.41, 5.74) is 0.239. The molecule has 0 saturated heterocycles. The number of benzene rings is 1. The van der Waals surface area contributed by atoms with Crippen molar-refractivity contribution in [3.63, 3.8) is 0 Å². The van der Waals surface area contributed by atoms with E-state index in [1.165, 1.54) is 19.2 Å². The first kappa shape index (κ1) is 28.2. The monoisotopic (exact) mass is 598 g/mol. The smallest absolute Gasteiger partial charge is 0.311 e. The predicted molar refractivity (Wildman–Crippen MR) is 150 cm³/mol. The molecule has 8 nitrogen and oxygen atoms in total. The number of aryl methyl sites for hydroxylation is 1. The Bertz CT molecular complexity index is 1790. The summed E-state index contributed by atoms with van der Waals surface area (Å²) in [6, 6.07) is 7.32. The van der Waals surface area contributed by atoms with E-state index in [1.807, 2.05) is 6.92 Å². The molecular weight excluding hydrogens is 569 g/mol. The van der Waals surface area contributed by atoms with Crippen molar-refractivity contribution in [3.05, 3.63) is 71.8 Å². The highest BCUT2D eigenvalue weighted by molar-refractivity contribution is 7.90. The van der Waals surface area contributed by atoms with Crippen LogP contribution in [-0.2, 0) is 19.6 Å². The molecule has 0 aliphatic heterocycles. The summed E-state index contributed by atoms with van der Waals surface area (Å²) in [4.78, 5) is 21.0. The van der Waals surface area contributed by atoms with Gasteiger partial charge >= 0.3 is 5.97 Å². The average Bonchev–Trinajstić information content (AvgIpc) is 3.08.